The van der Waals surface area contributed by atoms with Gasteiger partial charge in [0.15, 0.2) is 5.82 Å². The highest BCUT2D eigenvalue weighted by molar-refractivity contribution is 7.20. The summed E-state index contributed by atoms with van der Waals surface area (Å²) in [6.45, 7) is 9.72. The normalized spacial score (nSPS) is 11.7. The molecule has 232 valence electrons. The minimum Gasteiger partial charge on any atom is -0.447 e. The quantitative estimate of drug-likeness (QED) is 0.152. The fourth-order valence-electron chi connectivity index (χ4n) is 4.47. The Kier molecular flexibility index (Phi) is 8.60. The van der Waals surface area contributed by atoms with Crippen molar-refractivity contribution in [2.75, 3.05) is 17.2 Å². The van der Waals surface area contributed by atoms with Gasteiger partial charge in [-0.15, -0.1) is 16.4 Å². The number of aromatic amines is 1. The maximum Gasteiger partial charge on any atom is 0.436 e. The third-order valence-corrected chi connectivity index (χ3v) is 7.93. The third kappa shape index (κ3) is 7.13. The van der Waals surface area contributed by atoms with E-state index < -0.39 is 23.4 Å². The Morgan fingerprint density at radius 2 is 1.60 bits per heavy atom. The lowest BCUT2D eigenvalue weighted by atomic mass is 9.94. The van der Waals surface area contributed by atoms with E-state index in [4.69, 9.17) is 4.74 Å². The molecule has 0 atom stereocenters. The molecule has 11 nitrogen and oxygen atoms in total. The molecule has 0 bridgehead atoms. The van der Waals surface area contributed by atoms with Gasteiger partial charge in [-0.1, -0.05) is 63.2 Å². The predicted octanol–water partition coefficient (Wildman–Crippen LogP) is 6.63. The van der Waals surface area contributed by atoms with Gasteiger partial charge in [-0.3, -0.25) is 14.4 Å². The summed E-state index contributed by atoms with van der Waals surface area (Å²) >= 11 is 1.06. The van der Waals surface area contributed by atoms with Crippen LogP contribution in [0.25, 0.3) is 10.2 Å². The number of H-pyrrole nitrogens is 1. The van der Waals surface area contributed by atoms with Gasteiger partial charge in [-0.25, -0.2) is 4.79 Å². The van der Waals surface area contributed by atoms with Gasteiger partial charge in [0.2, 0.25) is 0 Å². The van der Waals surface area contributed by atoms with Gasteiger partial charge in [0.05, 0.1) is 39.2 Å². The van der Waals surface area contributed by atoms with E-state index in [9.17, 15) is 19.2 Å². The molecule has 5 aromatic rings. The summed E-state index contributed by atoms with van der Waals surface area (Å²) in [5, 5.41) is 13.3. The van der Waals surface area contributed by atoms with Gasteiger partial charge in [0.1, 0.15) is 4.83 Å². The Morgan fingerprint density at radius 1 is 0.889 bits per heavy atom. The maximum absolute atomic E-state index is 13.6. The largest absolute Gasteiger partial charge is 0.447 e. The summed E-state index contributed by atoms with van der Waals surface area (Å²) < 4.78 is 6.57. The molecule has 0 radical (unpaired) electrons. The number of hydrogen-bond acceptors (Lipinski definition) is 7. The van der Waals surface area contributed by atoms with Crippen LogP contribution in [0.5, 0.6) is 0 Å². The molecule has 45 heavy (non-hydrogen) atoms. The standard InChI is InChI=1S/C33H34N6O5S/c1-32(2,3)19-44-31(43)39-30-23(17-25(45-30)29(42)37-33(4,5)21-11-7-6-8-12-21)26(38-39)36-28(41)22-13-9-10-14-24(22)35-27(40)20-15-16-34-18-20/h6-18,34H,19H2,1-5H3,(H,35,40)(H,37,42)(H,36,38,41). The Labute approximate surface area is 264 Å². The number of ether oxygens (including phenoxy) is 1. The fraction of sp³-hybridized carbons (Fsp3) is 0.242. The van der Waals surface area contributed by atoms with Crippen LogP contribution < -0.4 is 16.0 Å². The van der Waals surface area contributed by atoms with Crippen LogP contribution in [-0.4, -0.2) is 45.2 Å². The Balaban J connectivity index is 1.46. The van der Waals surface area contributed by atoms with Crippen LogP contribution in [0.15, 0.2) is 79.1 Å². The molecule has 4 N–H and O–H groups in total. The summed E-state index contributed by atoms with van der Waals surface area (Å²) in [5.74, 6) is -1.25. The number of anilines is 2. The summed E-state index contributed by atoms with van der Waals surface area (Å²) in [5.41, 5.74) is 0.812. The number of benzene rings is 2. The number of thiophene rings is 1. The van der Waals surface area contributed by atoms with Crippen molar-refractivity contribution in [1.82, 2.24) is 20.1 Å². The van der Waals surface area contributed by atoms with Crippen molar-refractivity contribution in [3.63, 3.8) is 0 Å². The molecule has 0 aliphatic heterocycles. The molecule has 0 aliphatic rings. The molecule has 0 unspecified atom stereocenters. The lowest BCUT2D eigenvalue weighted by Gasteiger charge is -2.26. The smallest absolute Gasteiger partial charge is 0.436 e. The molecule has 0 spiro atoms. The zero-order valence-corrected chi connectivity index (χ0v) is 26.4. The van der Waals surface area contributed by atoms with E-state index in [0.29, 0.717) is 20.7 Å². The minimum atomic E-state index is -0.743. The van der Waals surface area contributed by atoms with Crippen molar-refractivity contribution in [3.05, 3.63) is 101 Å². The predicted molar refractivity (Wildman–Crippen MR) is 174 cm³/mol. The van der Waals surface area contributed by atoms with Crippen molar-refractivity contribution in [1.29, 1.82) is 0 Å². The number of amides is 3. The molecule has 3 aromatic heterocycles. The highest BCUT2D eigenvalue weighted by Crippen LogP contribution is 2.33. The Hall–Kier alpha value is -5.23. The summed E-state index contributed by atoms with van der Waals surface area (Å²) in [6, 6.07) is 19.3. The molecule has 2 aromatic carbocycles. The maximum atomic E-state index is 13.6. The monoisotopic (exact) mass is 626 g/mol. The molecule has 0 fully saturated rings. The number of aromatic nitrogens is 3. The topological polar surface area (TPSA) is 147 Å². The number of para-hydroxylation sites is 1. The van der Waals surface area contributed by atoms with E-state index in [1.807, 2.05) is 65.0 Å². The molecule has 5 rings (SSSR count). The number of rotatable bonds is 8. The molecular formula is C33H34N6O5S. The molecule has 0 aliphatic carbocycles. The zero-order valence-electron chi connectivity index (χ0n) is 25.6. The van der Waals surface area contributed by atoms with Gasteiger partial charge in [-0.05, 0) is 49.1 Å². The molecule has 12 heteroatoms. The second kappa shape index (κ2) is 12.4. The third-order valence-electron chi connectivity index (χ3n) is 6.82. The van der Waals surface area contributed by atoms with E-state index in [-0.39, 0.29) is 35.0 Å². The number of fused-ring (bicyclic) bond motifs is 1. The number of nitrogens with one attached hydrogen (secondary N) is 4. The molecule has 3 amide bonds. The van der Waals surface area contributed by atoms with E-state index >= 15 is 0 Å². The fourth-order valence-corrected chi connectivity index (χ4v) is 5.47. The highest BCUT2D eigenvalue weighted by Gasteiger charge is 2.28. The van der Waals surface area contributed by atoms with Crippen molar-refractivity contribution < 1.29 is 23.9 Å². The lowest BCUT2D eigenvalue weighted by Crippen LogP contribution is -2.40. The van der Waals surface area contributed by atoms with Gasteiger partial charge in [-0.2, -0.15) is 4.68 Å². The van der Waals surface area contributed by atoms with E-state index in [0.717, 1.165) is 21.6 Å². The van der Waals surface area contributed by atoms with Crippen LogP contribution in [-0.2, 0) is 10.3 Å². The second-order valence-corrected chi connectivity index (χ2v) is 13.2. The minimum absolute atomic E-state index is 0.0621. The van der Waals surface area contributed by atoms with Crippen LogP contribution in [0.2, 0.25) is 0 Å². The first-order valence-electron chi connectivity index (χ1n) is 14.2. The molecule has 0 saturated carbocycles. The lowest BCUT2D eigenvalue weighted by molar-refractivity contribution is 0.0915. The second-order valence-electron chi connectivity index (χ2n) is 12.2. The summed E-state index contributed by atoms with van der Waals surface area (Å²) in [6.07, 6.45) is 2.43. The number of carbonyl (C=O) groups is 4. The first-order valence-corrected chi connectivity index (χ1v) is 15.1. The Bertz CT molecular complexity index is 1870. The van der Waals surface area contributed by atoms with Crippen LogP contribution in [0.3, 0.4) is 0 Å². The van der Waals surface area contributed by atoms with Crippen LogP contribution in [0.4, 0.5) is 16.3 Å². The average molecular weight is 627 g/mol. The van der Waals surface area contributed by atoms with Gasteiger partial charge in [0, 0.05) is 12.4 Å². The summed E-state index contributed by atoms with van der Waals surface area (Å²) in [4.78, 5) is 56.4. The molecular weight excluding hydrogens is 592 g/mol. The van der Waals surface area contributed by atoms with Crippen molar-refractivity contribution in [2.24, 2.45) is 5.41 Å². The van der Waals surface area contributed by atoms with Gasteiger partial charge >= 0.3 is 6.09 Å². The van der Waals surface area contributed by atoms with Gasteiger partial charge < -0.3 is 25.7 Å². The number of nitrogens with zero attached hydrogens (tertiary/aromatic N) is 2. The van der Waals surface area contributed by atoms with Crippen molar-refractivity contribution >= 4 is 56.9 Å². The molecule has 0 saturated heterocycles. The van der Waals surface area contributed by atoms with Gasteiger partial charge in [0.25, 0.3) is 17.7 Å². The van der Waals surface area contributed by atoms with E-state index in [2.05, 4.69) is 26.0 Å². The summed E-state index contributed by atoms with van der Waals surface area (Å²) in [7, 11) is 0. The van der Waals surface area contributed by atoms with Crippen LogP contribution >= 0.6 is 11.3 Å². The highest BCUT2D eigenvalue weighted by atomic mass is 32.1. The van der Waals surface area contributed by atoms with Crippen molar-refractivity contribution in [2.45, 2.75) is 40.2 Å². The van der Waals surface area contributed by atoms with Crippen LogP contribution in [0.1, 0.15) is 70.6 Å². The van der Waals surface area contributed by atoms with E-state index in [1.165, 1.54) is 0 Å². The SMILES string of the molecule is CC(C)(C)COC(=O)n1nc(NC(=O)c2ccccc2NC(=O)c2cc[nH]c2)c2cc(C(=O)NC(C)(C)c3ccccc3)sc21. The molecule has 3 heterocycles. The Morgan fingerprint density at radius 3 is 2.29 bits per heavy atom. The first-order chi connectivity index (χ1) is 21.3. The average Bonchev–Trinajstić information content (AvgIpc) is 3.75. The zero-order chi connectivity index (χ0) is 32.4. The van der Waals surface area contributed by atoms with E-state index in [1.54, 1.807) is 48.8 Å². The number of hydrogen-bond donors (Lipinski definition) is 4. The first kappa shape index (κ1) is 31.2. The number of carbonyl (C=O) groups excluding carboxylic acids is 4. The van der Waals surface area contributed by atoms with Crippen molar-refractivity contribution in [3.8, 4) is 0 Å². The van der Waals surface area contributed by atoms with Crippen LogP contribution in [0, 0.1) is 5.41 Å².